The third-order valence-electron chi connectivity index (χ3n) is 4.35. The van der Waals surface area contributed by atoms with E-state index in [0.717, 1.165) is 57.4 Å². The molecule has 2 nitrogen and oxygen atoms in total. The summed E-state index contributed by atoms with van der Waals surface area (Å²) in [6, 6.07) is 0. The molecule has 25 heavy (non-hydrogen) atoms. The van der Waals surface area contributed by atoms with E-state index in [2.05, 4.69) is 33.9 Å². The maximum atomic E-state index is 13.3. The van der Waals surface area contributed by atoms with Crippen LogP contribution in [0.15, 0.2) is 60.3 Å². The van der Waals surface area contributed by atoms with Crippen LogP contribution in [0.4, 0.5) is 8.78 Å². The van der Waals surface area contributed by atoms with E-state index < -0.39 is 6.43 Å². The van der Waals surface area contributed by atoms with Crippen LogP contribution in [0.1, 0.15) is 33.1 Å². The minimum Gasteiger partial charge on any atom is -0.314 e. The van der Waals surface area contributed by atoms with Crippen LogP contribution in [0.5, 0.6) is 0 Å². The number of hydrogen-bond donors (Lipinski definition) is 0. The molecule has 0 saturated heterocycles. The summed E-state index contributed by atoms with van der Waals surface area (Å²) in [6.45, 7) is 4.47. The molecule has 0 radical (unpaired) electrons. The predicted molar refractivity (Wildman–Crippen MR) is 106 cm³/mol. The van der Waals surface area contributed by atoms with Gasteiger partial charge in [-0.15, -0.1) is 0 Å². The van der Waals surface area contributed by atoms with Gasteiger partial charge in [0.25, 0.3) is 6.43 Å². The van der Waals surface area contributed by atoms with Crippen LogP contribution in [0.2, 0.25) is 0 Å². The largest absolute Gasteiger partial charge is 0.314 e. The van der Waals surface area contributed by atoms with Crippen molar-refractivity contribution in [2.45, 2.75) is 39.5 Å². The monoisotopic (exact) mass is 446 g/mol. The van der Waals surface area contributed by atoms with Crippen LogP contribution in [-0.2, 0) is 0 Å². The Morgan fingerprint density at radius 1 is 1.32 bits per heavy atom. The van der Waals surface area contributed by atoms with E-state index in [0.29, 0.717) is 11.6 Å². The molecule has 0 aliphatic carbocycles. The van der Waals surface area contributed by atoms with Crippen molar-refractivity contribution in [3.05, 3.63) is 55.3 Å². The summed E-state index contributed by atoms with van der Waals surface area (Å²) in [6.07, 6.45) is 5.77. The fraction of sp³-hybridized carbons (Fsp3) is 0.389. The van der Waals surface area contributed by atoms with Gasteiger partial charge in [-0.2, -0.15) is 0 Å². The fourth-order valence-electron chi connectivity index (χ4n) is 3.05. The van der Waals surface area contributed by atoms with E-state index in [9.17, 15) is 8.78 Å². The zero-order chi connectivity index (χ0) is 18.1. The van der Waals surface area contributed by atoms with Crippen LogP contribution in [0.3, 0.4) is 0 Å². The van der Waals surface area contributed by atoms with Gasteiger partial charge in [-0.3, -0.25) is 4.99 Å². The second-order valence-corrected chi connectivity index (χ2v) is 8.17. The lowest BCUT2D eigenvalue weighted by Crippen LogP contribution is -2.27. The van der Waals surface area contributed by atoms with Crippen LogP contribution >= 0.6 is 39.3 Å². The van der Waals surface area contributed by atoms with E-state index in [4.69, 9.17) is 11.6 Å². The highest BCUT2D eigenvalue weighted by Gasteiger charge is 2.32. The molecule has 0 amide bonds. The molecule has 0 N–H and O–H groups in total. The summed E-state index contributed by atoms with van der Waals surface area (Å²) >= 11 is 11.0. The third-order valence-corrected chi connectivity index (χ3v) is 6.29. The Morgan fingerprint density at radius 2 is 2.04 bits per heavy atom. The maximum absolute atomic E-state index is 13.3. The van der Waals surface area contributed by atoms with Crippen molar-refractivity contribution in [1.29, 1.82) is 0 Å². The quantitative estimate of drug-likeness (QED) is 0.477. The fourth-order valence-corrected chi connectivity index (χ4v) is 5.02. The van der Waals surface area contributed by atoms with Crippen molar-refractivity contribution in [2.24, 2.45) is 4.99 Å². The zero-order valence-corrected chi connectivity index (χ0v) is 17.1. The van der Waals surface area contributed by atoms with Gasteiger partial charge in [0.2, 0.25) is 0 Å². The van der Waals surface area contributed by atoms with Gasteiger partial charge in [0.15, 0.2) is 0 Å². The van der Waals surface area contributed by atoms with Crippen molar-refractivity contribution < 1.29 is 8.78 Å². The number of fused-ring (bicyclic) bond motifs is 1. The molecule has 3 heterocycles. The number of alkyl halides is 2. The Hall–Kier alpha value is -0.850. The van der Waals surface area contributed by atoms with Crippen LogP contribution < -0.4 is 0 Å². The summed E-state index contributed by atoms with van der Waals surface area (Å²) < 4.78 is 27.4. The molecule has 0 fully saturated rings. The summed E-state index contributed by atoms with van der Waals surface area (Å²) in [5.41, 5.74) is 4.20. The van der Waals surface area contributed by atoms with Gasteiger partial charge in [0.05, 0.1) is 23.0 Å². The first-order chi connectivity index (χ1) is 12.0. The van der Waals surface area contributed by atoms with Crippen LogP contribution in [0, 0.1) is 0 Å². The molecule has 0 unspecified atom stereocenters. The molecule has 3 aliphatic heterocycles. The molecule has 0 atom stereocenters. The van der Waals surface area contributed by atoms with Crippen molar-refractivity contribution in [2.75, 3.05) is 6.54 Å². The zero-order valence-electron chi connectivity index (χ0n) is 14.0. The Kier molecular flexibility index (Phi) is 5.91. The van der Waals surface area contributed by atoms with Gasteiger partial charge >= 0.3 is 0 Å². The van der Waals surface area contributed by atoms with Gasteiger partial charge in [-0.1, -0.05) is 43.3 Å². The first-order valence-corrected chi connectivity index (χ1v) is 10.1. The lowest BCUT2D eigenvalue weighted by molar-refractivity contribution is 0.229. The Bertz CT molecular complexity index is 778. The van der Waals surface area contributed by atoms with Crippen molar-refractivity contribution in [3.63, 3.8) is 0 Å². The molecule has 0 aromatic rings. The number of thioether (sulfide) groups is 1. The number of halogens is 4. The smallest absolute Gasteiger partial charge is 0.286 e. The highest BCUT2D eigenvalue weighted by Crippen LogP contribution is 2.46. The molecule has 0 spiro atoms. The number of nitrogens with zero attached hydrogens (tertiary/aromatic N) is 2. The normalized spacial score (nSPS) is 21.2. The predicted octanol–water partition coefficient (Wildman–Crippen LogP) is 6.69. The minimum atomic E-state index is -2.55. The number of allylic oxidation sites excluding steroid dienone is 5. The van der Waals surface area contributed by atoms with Gasteiger partial charge in [-0.05, 0) is 52.4 Å². The molecule has 7 heteroatoms. The molecule has 3 rings (SSSR count). The van der Waals surface area contributed by atoms with Crippen molar-refractivity contribution in [3.8, 4) is 0 Å². The SMILES string of the molecule is CCC1=C(C2=C(CC)CC=C3C(Cl)=CC(Br)=CN32)SC(C(F)F)=NC1. The lowest BCUT2D eigenvalue weighted by Gasteiger charge is -2.36. The van der Waals surface area contributed by atoms with Gasteiger partial charge < -0.3 is 4.90 Å². The average Bonchev–Trinajstić information content (AvgIpc) is 2.59. The highest BCUT2D eigenvalue weighted by molar-refractivity contribution is 9.11. The number of aliphatic imine (C=N–C) groups is 1. The Morgan fingerprint density at radius 3 is 2.68 bits per heavy atom. The minimum absolute atomic E-state index is 0.104. The van der Waals surface area contributed by atoms with Gasteiger partial charge in [-0.25, -0.2) is 8.78 Å². The van der Waals surface area contributed by atoms with Crippen LogP contribution in [0.25, 0.3) is 0 Å². The Balaban J connectivity index is 2.10. The standard InChI is InChI=1S/C18H18BrClF2N2S/c1-3-10-5-6-14-13(20)7-12(19)9-24(14)15(10)16-11(4-2)8-23-18(25-16)17(21)22/h6-7,9,17H,3-5,8H2,1-2H3. The van der Waals surface area contributed by atoms with E-state index in [1.54, 1.807) is 0 Å². The highest BCUT2D eigenvalue weighted by atomic mass is 79.9. The molecular formula is C18H18BrClF2N2S. The summed E-state index contributed by atoms with van der Waals surface area (Å²) in [7, 11) is 0. The first-order valence-electron chi connectivity index (χ1n) is 8.15. The second-order valence-electron chi connectivity index (χ2n) is 5.82. The van der Waals surface area contributed by atoms with E-state index in [1.165, 1.54) is 5.57 Å². The van der Waals surface area contributed by atoms with Crippen molar-refractivity contribution in [1.82, 2.24) is 4.90 Å². The molecule has 0 saturated carbocycles. The number of rotatable bonds is 4. The topological polar surface area (TPSA) is 15.6 Å². The first kappa shape index (κ1) is 18.9. The average molecular weight is 448 g/mol. The maximum Gasteiger partial charge on any atom is 0.286 e. The summed E-state index contributed by atoms with van der Waals surface area (Å²) in [5, 5.41) is 0.539. The van der Waals surface area contributed by atoms with E-state index in [1.807, 2.05) is 24.1 Å². The van der Waals surface area contributed by atoms with E-state index >= 15 is 0 Å². The van der Waals surface area contributed by atoms with E-state index in [-0.39, 0.29) is 5.04 Å². The molecule has 0 aromatic heterocycles. The van der Waals surface area contributed by atoms with Gasteiger partial charge in [0.1, 0.15) is 5.04 Å². The Labute approximate surface area is 164 Å². The summed E-state index contributed by atoms with van der Waals surface area (Å²) in [4.78, 5) is 7.00. The number of hydrogen-bond acceptors (Lipinski definition) is 3. The third kappa shape index (κ3) is 3.67. The molecular weight excluding hydrogens is 430 g/mol. The molecule has 3 aliphatic rings. The molecule has 0 bridgehead atoms. The second kappa shape index (κ2) is 7.80. The van der Waals surface area contributed by atoms with Gasteiger partial charge in [0, 0.05) is 15.6 Å². The van der Waals surface area contributed by atoms with Crippen molar-refractivity contribution >= 4 is 44.3 Å². The molecule has 134 valence electrons. The summed E-state index contributed by atoms with van der Waals surface area (Å²) in [5.74, 6) is 0. The molecule has 0 aromatic carbocycles. The van der Waals surface area contributed by atoms with Crippen LogP contribution in [-0.4, -0.2) is 22.9 Å². The lowest BCUT2D eigenvalue weighted by atomic mass is 9.97.